The number of unbranched alkanes of at least 4 members (excludes halogenated alkanes) is 1. The van der Waals surface area contributed by atoms with Gasteiger partial charge < -0.3 is 14.4 Å². The molecule has 6 nitrogen and oxygen atoms in total. The summed E-state index contributed by atoms with van der Waals surface area (Å²) in [5, 5.41) is 0. The van der Waals surface area contributed by atoms with Crippen LogP contribution in [0.5, 0.6) is 11.5 Å². The molecule has 0 spiro atoms. The summed E-state index contributed by atoms with van der Waals surface area (Å²) in [4.78, 5) is 31.0. The molecule has 200 valence electrons. The first-order valence-electron chi connectivity index (χ1n) is 12.6. The summed E-state index contributed by atoms with van der Waals surface area (Å²) in [6.45, 7) is 13.8. The largest absolute Gasteiger partial charge is 0.467 e. The van der Waals surface area contributed by atoms with E-state index in [1.165, 1.54) is 7.11 Å². The van der Waals surface area contributed by atoms with Crippen molar-refractivity contribution in [3.8, 4) is 22.6 Å². The van der Waals surface area contributed by atoms with Crippen molar-refractivity contribution in [1.29, 1.82) is 0 Å². The molecule has 3 aromatic carbocycles. The fourth-order valence-electron chi connectivity index (χ4n) is 4.21. The lowest BCUT2D eigenvalue weighted by atomic mass is 9.99. The molecule has 0 radical (unpaired) electrons. The molecular weight excluding hydrogens is 496 g/mol. The van der Waals surface area contributed by atoms with Gasteiger partial charge in [-0.1, -0.05) is 75.7 Å². The minimum Gasteiger partial charge on any atom is -0.467 e. The number of methoxy groups -OCH3 is 1. The zero-order valence-electron chi connectivity index (χ0n) is 22.4. The van der Waals surface area contributed by atoms with Crippen LogP contribution in [0.1, 0.15) is 45.6 Å². The standard InChI is InChI=1S/C31H34N2O4.H2S/c1-6-7-13-29(34)33(30(22(2)3)31(35)36-5)21-23-14-16-24(17-15-23)27-20-26(18-19-28(27)32-4)37-25-11-9-8-10-12-25;/h8-12,14-20,22,30H,6-7,13,21H2,1-3,5H3;1H2/t30-;/m0./s1. The lowest BCUT2D eigenvalue weighted by molar-refractivity contribution is -0.155. The fourth-order valence-corrected chi connectivity index (χ4v) is 4.21. The maximum atomic E-state index is 13.1. The molecule has 0 bridgehead atoms. The molecule has 0 heterocycles. The molecule has 3 rings (SSSR count). The van der Waals surface area contributed by atoms with Crippen LogP contribution < -0.4 is 4.74 Å². The van der Waals surface area contributed by atoms with Crippen molar-refractivity contribution in [2.45, 2.75) is 52.6 Å². The summed E-state index contributed by atoms with van der Waals surface area (Å²) < 4.78 is 11.0. The van der Waals surface area contributed by atoms with Crippen LogP contribution in [0.4, 0.5) is 5.69 Å². The van der Waals surface area contributed by atoms with E-state index >= 15 is 0 Å². The predicted octanol–water partition coefficient (Wildman–Crippen LogP) is 7.53. The van der Waals surface area contributed by atoms with Crippen LogP contribution in [0, 0.1) is 12.5 Å². The Morgan fingerprint density at radius 1 is 0.974 bits per heavy atom. The van der Waals surface area contributed by atoms with Gasteiger partial charge in [0.1, 0.15) is 17.5 Å². The maximum Gasteiger partial charge on any atom is 0.328 e. The van der Waals surface area contributed by atoms with Crippen molar-refractivity contribution < 1.29 is 19.1 Å². The van der Waals surface area contributed by atoms with Crippen molar-refractivity contribution in [2.75, 3.05) is 7.11 Å². The number of ether oxygens (including phenoxy) is 2. The normalized spacial score (nSPS) is 11.2. The first-order chi connectivity index (χ1) is 17.9. The topological polar surface area (TPSA) is 60.2 Å². The Morgan fingerprint density at radius 2 is 1.66 bits per heavy atom. The van der Waals surface area contributed by atoms with Gasteiger partial charge in [-0.2, -0.15) is 13.5 Å². The molecule has 0 aromatic heterocycles. The highest BCUT2D eigenvalue weighted by Crippen LogP contribution is 2.35. The molecule has 38 heavy (non-hydrogen) atoms. The first-order valence-corrected chi connectivity index (χ1v) is 12.6. The van der Waals surface area contributed by atoms with Crippen LogP contribution in [0.2, 0.25) is 0 Å². The third kappa shape index (κ3) is 7.87. The first kappa shape index (κ1) is 30.5. The van der Waals surface area contributed by atoms with Crippen molar-refractivity contribution in [1.82, 2.24) is 4.90 Å². The van der Waals surface area contributed by atoms with Crippen molar-refractivity contribution >= 4 is 31.1 Å². The summed E-state index contributed by atoms with van der Waals surface area (Å²) in [5.41, 5.74) is 3.05. The second kappa shape index (κ2) is 14.8. The van der Waals surface area contributed by atoms with E-state index in [4.69, 9.17) is 16.0 Å². The van der Waals surface area contributed by atoms with E-state index in [0.29, 0.717) is 24.4 Å². The average molecular weight is 533 g/mol. The molecule has 0 saturated heterocycles. The molecule has 0 aliphatic heterocycles. The zero-order chi connectivity index (χ0) is 26.8. The quantitative estimate of drug-likeness (QED) is 0.189. The number of para-hydroxylation sites is 1. The van der Waals surface area contributed by atoms with E-state index in [-0.39, 0.29) is 25.3 Å². The van der Waals surface area contributed by atoms with Gasteiger partial charge in [-0.25, -0.2) is 9.64 Å². The highest BCUT2D eigenvalue weighted by Gasteiger charge is 2.33. The van der Waals surface area contributed by atoms with E-state index in [2.05, 4.69) is 4.85 Å². The highest BCUT2D eigenvalue weighted by molar-refractivity contribution is 7.59. The third-order valence-electron chi connectivity index (χ3n) is 6.16. The van der Waals surface area contributed by atoms with Crippen LogP contribution in [0.25, 0.3) is 16.0 Å². The van der Waals surface area contributed by atoms with Gasteiger partial charge in [-0.3, -0.25) is 4.79 Å². The van der Waals surface area contributed by atoms with Crippen LogP contribution in [0.3, 0.4) is 0 Å². The zero-order valence-corrected chi connectivity index (χ0v) is 23.4. The van der Waals surface area contributed by atoms with Gasteiger partial charge in [-0.15, -0.1) is 0 Å². The monoisotopic (exact) mass is 532 g/mol. The molecule has 0 aliphatic rings. The molecule has 0 N–H and O–H groups in total. The van der Waals surface area contributed by atoms with E-state index in [1.807, 2.05) is 81.4 Å². The van der Waals surface area contributed by atoms with Crippen LogP contribution in [0.15, 0.2) is 72.8 Å². The number of esters is 1. The maximum absolute atomic E-state index is 13.1. The molecule has 1 amide bonds. The van der Waals surface area contributed by atoms with E-state index in [0.717, 1.165) is 35.3 Å². The second-order valence-corrected chi connectivity index (χ2v) is 9.24. The fraction of sp³-hybridized carbons (Fsp3) is 0.323. The number of benzene rings is 3. The number of carbonyl (C=O) groups excluding carboxylic acids is 2. The predicted molar refractivity (Wildman–Crippen MR) is 156 cm³/mol. The van der Waals surface area contributed by atoms with E-state index in [9.17, 15) is 9.59 Å². The van der Waals surface area contributed by atoms with Crippen molar-refractivity contribution in [2.24, 2.45) is 5.92 Å². The number of hydrogen-bond donors (Lipinski definition) is 0. The van der Waals surface area contributed by atoms with Crippen molar-refractivity contribution in [3.63, 3.8) is 0 Å². The van der Waals surface area contributed by atoms with Gasteiger partial charge in [-0.05, 0) is 53.3 Å². The number of carbonyl (C=O) groups is 2. The smallest absolute Gasteiger partial charge is 0.328 e. The van der Waals surface area contributed by atoms with E-state index in [1.54, 1.807) is 17.0 Å². The molecule has 0 aliphatic carbocycles. The molecule has 3 aromatic rings. The second-order valence-electron chi connectivity index (χ2n) is 9.24. The molecular formula is C31H36N2O4S. The van der Waals surface area contributed by atoms with Gasteiger partial charge in [0, 0.05) is 13.0 Å². The van der Waals surface area contributed by atoms with Crippen LogP contribution in [-0.4, -0.2) is 29.9 Å². The van der Waals surface area contributed by atoms with Gasteiger partial charge in [0.15, 0.2) is 5.69 Å². The SMILES string of the molecule is S.[C-]#[N+]c1ccc(Oc2ccccc2)cc1-c1ccc(CN(C(=O)CCCC)[C@H](C(=O)OC)C(C)C)cc1. The average Bonchev–Trinajstić information content (AvgIpc) is 2.92. The highest BCUT2D eigenvalue weighted by atomic mass is 32.1. The van der Waals surface area contributed by atoms with Gasteiger partial charge in [0.25, 0.3) is 0 Å². The molecule has 0 saturated carbocycles. The Kier molecular flexibility index (Phi) is 11.9. The summed E-state index contributed by atoms with van der Waals surface area (Å²) in [6, 6.07) is 22.0. The Bertz CT molecular complexity index is 1240. The van der Waals surface area contributed by atoms with Gasteiger partial charge in [0.2, 0.25) is 5.91 Å². The number of nitrogens with zero attached hydrogens (tertiary/aromatic N) is 2. The van der Waals surface area contributed by atoms with Gasteiger partial charge in [0.05, 0.1) is 13.7 Å². The summed E-state index contributed by atoms with van der Waals surface area (Å²) in [7, 11) is 1.35. The Hall–Kier alpha value is -3.76. The minimum atomic E-state index is -0.658. The van der Waals surface area contributed by atoms with E-state index < -0.39 is 12.0 Å². The summed E-state index contributed by atoms with van der Waals surface area (Å²) in [5.74, 6) is 0.802. The third-order valence-corrected chi connectivity index (χ3v) is 6.16. The lowest BCUT2D eigenvalue weighted by Gasteiger charge is -2.32. The van der Waals surface area contributed by atoms with Crippen LogP contribution in [-0.2, 0) is 20.9 Å². The molecule has 1 atom stereocenters. The Morgan fingerprint density at radius 3 is 2.24 bits per heavy atom. The molecule has 7 heteroatoms. The van der Waals surface area contributed by atoms with Crippen LogP contribution >= 0.6 is 13.5 Å². The molecule has 0 fully saturated rings. The van der Waals surface area contributed by atoms with Crippen molar-refractivity contribution in [3.05, 3.63) is 89.8 Å². The summed E-state index contributed by atoms with van der Waals surface area (Å²) in [6.07, 6.45) is 2.05. The number of rotatable bonds is 11. The number of amides is 1. The van der Waals surface area contributed by atoms with Gasteiger partial charge >= 0.3 is 5.97 Å². The lowest BCUT2D eigenvalue weighted by Crippen LogP contribution is -2.48. The molecule has 0 unspecified atom stereocenters. The Labute approximate surface area is 232 Å². The minimum absolute atomic E-state index is 0. The summed E-state index contributed by atoms with van der Waals surface area (Å²) >= 11 is 0. The Balaban J connectivity index is 0.00000507. The number of hydrogen-bond acceptors (Lipinski definition) is 4.